The second kappa shape index (κ2) is 5.11. The van der Waals surface area contributed by atoms with Gasteiger partial charge in [-0.25, -0.2) is 19.0 Å². The minimum atomic E-state index is 0.786. The van der Waals surface area contributed by atoms with Gasteiger partial charge in [0.05, 0.1) is 33.1 Å². The van der Waals surface area contributed by atoms with Gasteiger partial charge in [0.2, 0.25) is 0 Å². The molecule has 0 unspecified atom stereocenters. The molecular formula is C21H16N6. The first-order valence-corrected chi connectivity index (χ1v) is 8.87. The van der Waals surface area contributed by atoms with Crippen molar-refractivity contribution < 1.29 is 0 Å². The Morgan fingerprint density at radius 2 is 1.26 bits per heavy atom. The molecule has 0 aliphatic rings. The van der Waals surface area contributed by atoms with Gasteiger partial charge in [-0.05, 0) is 36.4 Å². The van der Waals surface area contributed by atoms with Crippen LogP contribution in [0.15, 0.2) is 72.8 Å². The molecule has 6 aromatic rings. The fourth-order valence-corrected chi connectivity index (χ4v) is 3.83. The molecule has 27 heavy (non-hydrogen) atoms. The van der Waals surface area contributed by atoms with Crippen molar-refractivity contribution in [2.24, 2.45) is 7.05 Å². The van der Waals surface area contributed by atoms with Crippen molar-refractivity contribution >= 4 is 44.4 Å². The van der Waals surface area contributed by atoms with Crippen molar-refractivity contribution in [3.8, 4) is 0 Å². The molecule has 0 bridgehead atoms. The Labute approximate surface area is 153 Å². The number of aryl methyl sites for hydroxylation is 1. The van der Waals surface area contributed by atoms with E-state index in [1.165, 1.54) is 0 Å². The number of nitrogens with one attached hydrogen (secondary N) is 1. The third-order valence-corrected chi connectivity index (χ3v) is 5.08. The van der Waals surface area contributed by atoms with Crippen LogP contribution in [0.3, 0.4) is 0 Å². The predicted octanol–water partition coefficient (Wildman–Crippen LogP) is 4.23. The van der Waals surface area contributed by atoms with E-state index >= 15 is 0 Å². The zero-order valence-electron chi connectivity index (χ0n) is 14.7. The van der Waals surface area contributed by atoms with Crippen molar-refractivity contribution in [1.82, 2.24) is 28.8 Å². The SMILES string of the molecule is Cn1c2ccccc2[nH]n2c3ccccc3nc2c2nc3ccccc3n21. The van der Waals surface area contributed by atoms with Gasteiger partial charge in [0.25, 0.3) is 0 Å². The third kappa shape index (κ3) is 1.89. The second-order valence-corrected chi connectivity index (χ2v) is 6.65. The van der Waals surface area contributed by atoms with E-state index in [1.807, 2.05) is 53.0 Å². The van der Waals surface area contributed by atoms with Crippen LogP contribution in [0.5, 0.6) is 0 Å². The fraction of sp³-hybridized carbons (Fsp3) is 0.0476. The van der Waals surface area contributed by atoms with Gasteiger partial charge in [0, 0.05) is 7.05 Å². The first-order valence-electron chi connectivity index (χ1n) is 8.87. The first-order chi connectivity index (χ1) is 13.3. The van der Waals surface area contributed by atoms with Gasteiger partial charge >= 0.3 is 0 Å². The maximum absolute atomic E-state index is 4.91. The molecule has 0 spiro atoms. The molecule has 0 amide bonds. The minimum Gasteiger partial charge on any atom is -0.290 e. The molecular weight excluding hydrogens is 336 g/mol. The average molecular weight is 352 g/mol. The molecule has 6 heteroatoms. The molecule has 0 fully saturated rings. The molecule has 1 N–H and O–H groups in total. The van der Waals surface area contributed by atoms with Crippen LogP contribution in [-0.4, -0.2) is 28.8 Å². The van der Waals surface area contributed by atoms with Crippen molar-refractivity contribution in [3.63, 3.8) is 0 Å². The van der Waals surface area contributed by atoms with Crippen LogP contribution in [0.25, 0.3) is 44.4 Å². The average Bonchev–Trinajstić information content (AvgIpc) is 3.25. The van der Waals surface area contributed by atoms with E-state index in [-0.39, 0.29) is 0 Å². The van der Waals surface area contributed by atoms with Crippen LogP contribution in [0.4, 0.5) is 0 Å². The summed E-state index contributed by atoms with van der Waals surface area (Å²) in [4.78, 5) is 9.80. The van der Waals surface area contributed by atoms with E-state index in [1.54, 1.807) is 0 Å². The van der Waals surface area contributed by atoms with E-state index in [4.69, 9.17) is 9.97 Å². The van der Waals surface area contributed by atoms with E-state index < -0.39 is 0 Å². The Balaban J connectivity index is 2.06. The van der Waals surface area contributed by atoms with Crippen LogP contribution in [0.1, 0.15) is 0 Å². The van der Waals surface area contributed by atoms with Gasteiger partial charge in [0.15, 0.2) is 11.3 Å². The lowest BCUT2D eigenvalue weighted by Crippen LogP contribution is -2.06. The van der Waals surface area contributed by atoms with Gasteiger partial charge in [-0.3, -0.25) is 9.78 Å². The predicted molar refractivity (Wildman–Crippen MR) is 107 cm³/mol. The molecule has 6 rings (SSSR count). The van der Waals surface area contributed by atoms with Crippen molar-refractivity contribution in [3.05, 3.63) is 72.8 Å². The lowest BCUT2D eigenvalue weighted by atomic mass is 10.3. The Morgan fingerprint density at radius 1 is 0.667 bits per heavy atom. The van der Waals surface area contributed by atoms with E-state index in [2.05, 4.69) is 45.6 Å². The Morgan fingerprint density at radius 3 is 2.07 bits per heavy atom. The summed E-state index contributed by atoms with van der Waals surface area (Å²) in [5.74, 6) is 0. The summed E-state index contributed by atoms with van der Waals surface area (Å²) in [6.07, 6.45) is 0. The monoisotopic (exact) mass is 352 g/mol. The molecule has 0 saturated heterocycles. The molecule has 0 aliphatic carbocycles. The maximum atomic E-state index is 4.91. The van der Waals surface area contributed by atoms with Crippen LogP contribution >= 0.6 is 0 Å². The van der Waals surface area contributed by atoms with Crippen LogP contribution < -0.4 is 0 Å². The number of para-hydroxylation sites is 6. The summed E-state index contributed by atoms with van der Waals surface area (Å²) in [6, 6.07) is 24.6. The molecule has 3 aromatic carbocycles. The van der Waals surface area contributed by atoms with E-state index in [0.29, 0.717) is 0 Å². The Kier molecular flexibility index (Phi) is 2.72. The van der Waals surface area contributed by atoms with Crippen LogP contribution in [0, 0.1) is 0 Å². The highest BCUT2D eigenvalue weighted by molar-refractivity contribution is 5.90. The minimum absolute atomic E-state index is 0.786. The number of aromatic amines is 1. The van der Waals surface area contributed by atoms with E-state index in [9.17, 15) is 0 Å². The molecule has 0 aliphatic heterocycles. The summed E-state index contributed by atoms with van der Waals surface area (Å²) >= 11 is 0. The number of aromatic nitrogens is 6. The largest absolute Gasteiger partial charge is 0.290 e. The maximum Gasteiger partial charge on any atom is 0.198 e. The molecule has 130 valence electrons. The van der Waals surface area contributed by atoms with Crippen LogP contribution in [-0.2, 0) is 7.05 Å². The zero-order chi connectivity index (χ0) is 18.0. The quantitative estimate of drug-likeness (QED) is 0.445. The number of hydrogen-bond donors (Lipinski definition) is 1. The number of nitrogens with zero attached hydrogens (tertiary/aromatic N) is 5. The summed E-state index contributed by atoms with van der Waals surface area (Å²) in [5.41, 5.74) is 7.59. The molecule has 0 atom stereocenters. The van der Waals surface area contributed by atoms with Gasteiger partial charge in [-0.2, -0.15) is 0 Å². The zero-order valence-corrected chi connectivity index (χ0v) is 14.7. The van der Waals surface area contributed by atoms with Gasteiger partial charge in [0.1, 0.15) is 0 Å². The third-order valence-electron chi connectivity index (χ3n) is 5.08. The Bertz CT molecular complexity index is 1540. The highest BCUT2D eigenvalue weighted by Crippen LogP contribution is 2.23. The van der Waals surface area contributed by atoms with Gasteiger partial charge in [-0.1, -0.05) is 36.4 Å². The lowest BCUT2D eigenvalue weighted by Gasteiger charge is -2.09. The molecule has 0 radical (unpaired) electrons. The van der Waals surface area contributed by atoms with E-state index in [0.717, 1.165) is 44.4 Å². The fourth-order valence-electron chi connectivity index (χ4n) is 3.83. The van der Waals surface area contributed by atoms with Crippen molar-refractivity contribution in [2.45, 2.75) is 0 Å². The number of benzene rings is 3. The van der Waals surface area contributed by atoms with Crippen molar-refractivity contribution in [2.75, 3.05) is 0 Å². The smallest absolute Gasteiger partial charge is 0.198 e. The molecule has 3 aromatic heterocycles. The summed E-state index contributed by atoms with van der Waals surface area (Å²) in [6.45, 7) is 0. The number of rotatable bonds is 0. The summed E-state index contributed by atoms with van der Waals surface area (Å²) in [5, 5.41) is 3.54. The van der Waals surface area contributed by atoms with Gasteiger partial charge < -0.3 is 0 Å². The number of fused-ring (bicyclic) bond motifs is 8. The van der Waals surface area contributed by atoms with Gasteiger partial charge in [-0.15, -0.1) is 0 Å². The first kappa shape index (κ1) is 14.4. The normalized spacial score (nSPS) is 11.9. The van der Waals surface area contributed by atoms with Crippen LogP contribution in [0.2, 0.25) is 0 Å². The molecule has 3 heterocycles. The number of imidazole rings is 2. The molecule has 0 saturated carbocycles. The second-order valence-electron chi connectivity index (χ2n) is 6.65. The topological polar surface area (TPSA) is 55.3 Å². The van der Waals surface area contributed by atoms with Crippen molar-refractivity contribution in [1.29, 1.82) is 0 Å². The number of H-pyrrole nitrogens is 1. The Hall–Kier alpha value is -3.80. The standard InChI is InChI=1S/C21H16N6/c1-25-17-11-5-4-10-16(17)24-26-18-12-6-2-8-14(18)22-20(26)21-23-15-9-3-7-13-19(15)27(21)25/h2-13,24H,1H3. The summed E-state index contributed by atoms with van der Waals surface area (Å²) < 4.78 is 6.28. The summed E-state index contributed by atoms with van der Waals surface area (Å²) in [7, 11) is 2.05. The molecule has 6 nitrogen and oxygen atoms in total. The highest BCUT2D eigenvalue weighted by Gasteiger charge is 2.13. The number of hydrogen-bond acceptors (Lipinski definition) is 2. The highest BCUT2D eigenvalue weighted by atomic mass is 15.4. The lowest BCUT2D eigenvalue weighted by molar-refractivity contribution is 0.736.